The summed E-state index contributed by atoms with van der Waals surface area (Å²) in [6.07, 6.45) is 2.58. The molecular weight excluding hydrogens is 246 g/mol. The third-order valence-corrected chi connectivity index (χ3v) is 2.94. The van der Waals surface area contributed by atoms with E-state index in [0.717, 1.165) is 12.6 Å². The maximum absolute atomic E-state index is 5.56. The zero-order valence-corrected chi connectivity index (χ0v) is 11.7. The van der Waals surface area contributed by atoms with Crippen LogP contribution in [-0.4, -0.2) is 59.7 Å². The lowest BCUT2D eigenvalue weighted by Crippen LogP contribution is -2.26. The highest BCUT2D eigenvalue weighted by Crippen LogP contribution is 2.24. The van der Waals surface area contributed by atoms with Gasteiger partial charge in [-0.2, -0.15) is 9.97 Å². The summed E-state index contributed by atoms with van der Waals surface area (Å²) in [5, 5.41) is 2.86. The summed E-state index contributed by atoms with van der Waals surface area (Å²) >= 11 is 0. The second-order valence-corrected chi connectivity index (χ2v) is 4.47. The summed E-state index contributed by atoms with van der Waals surface area (Å²) in [4.78, 5) is 14.6. The van der Waals surface area contributed by atoms with E-state index in [0.29, 0.717) is 25.2 Å². The van der Waals surface area contributed by atoms with Gasteiger partial charge in [0.05, 0.1) is 6.61 Å². The topological polar surface area (TPSA) is 72.4 Å². The molecule has 0 radical (unpaired) electrons. The minimum Gasteiger partial charge on any atom is -0.464 e. The molecule has 0 atom stereocenters. The van der Waals surface area contributed by atoms with Gasteiger partial charge < -0.3 is 19.7 Å². The highest BCUT2D eigenvalue weighted by atomic mass is 16.5. The molecule has 1 aliphatic rings. The molecule has 1 aromatic rings. The molecule has 0 saturated heterocycles. The second kappa shape index (κ2) is 6.51. The number of aromatic nitrogens is 3. The van der Waals surface area contributed by atoms with E-state index in [-0.39, 0.29) is 6.01 Å². The van der Waals surface area contributed by atoms with Crippen molar-refractivity contribution < 1.29 is 9.47 Å². The van der Waals surface area contributed by atoms with Crippen molar-refractivity contribution in [2.24, 2.45) is 0 Å². The lowest BCUT2D eigenvalue weighted by Gasteiger charge is -2.15. The van der Waals surface area contributed by atoms with Gasteiger partial charge in [0.1, 0.15) is 6.61 Å². The normalized spacial score (nSPS) is 14.5. The molecule has 0 unspecified atom stereocenters. The van der Waals surface area contributed by atoms with E-state index in [1.54, 1.807) is 7.05 Å². The van der Waals surface area contributed by atoms with E-state index < -0.39 is 0 Å². The molecule has 0 aromatic carbocycles. The number of nitrogens with one attached hydrogen (secondary N) is 1. The fourth-order valence-electron chi connectivity index (χ4n) is 1.69. The van der Waals surface area contributed by atoms with Gasteiger partial charge in [-0.1, -0.05) is 0 Å². The first-order valence-corrected chi connectivity index (χ1v) is 6.62. The molecule has 1 aromatic heterocycles. The second-order valence-electron chi connectivity index (χ2n) is 4.47. The van der Waals surface area contributed by atoms with Crippen LogP contribution >= 0.6 is 0 Å². The molecule has 0 aliphatic heterocycles. The van der Waals surface area contributed by atoms with Crippen LogP contribution in [-0.2, 0) is 0 Å². The van der Waals surface area contributed by atoms with Crippen LogP contribution in [0.4, 0.5) is 5.95 Å². The molecule has 1 aliphatic carbocycles. The van der Waals surface area contributed by atoms with E-state index in [1.165, 1.54) is 12.8 Å². The van der Waals surface area contributed by atoms with E-state index in [1.807, 2.05) is 6.92 Å². The van der Waals surface area contributed by atoms with Crippen molar-refractivity contribution in [1.29, 1.82) is 0 Å². The van der Waals surface area contributed by atoms with Crippen molar-refractivity contribution in [2.75, 3.05) is 39.2 Å². The van der Waals surface area contributed by atoms with Gasteiger partial charge in [-0.25, -0.2) is 0 Å². The number of rotatable bonds is 8. The Bertz CT molecular complexity index is 411. The smallest absolute Gasteiger partial charge is 0.324 e. The van der Waals surface area contributed by atoms with E-state index >= 15 is 0 Å². The van der Waals surface area contributed by atoms with Gasteiger partial charge in [-0.05, 0) is 26.8 Å². The van der Waals surface area contributed by atoms with Gasteiger partial charge in [-0.15, -0.1) is 4.98 Å². The molecule has 7 heteroatoms. The molecule has 0 amide bonds. The predicted octanol–water partition coefficient (Wildman–Crippen LogP) is 0.785. The maximum Gasteiger partial charge on any atom is 0.324 e. The standard InChI is InChI=1S/C12H21N5O2/c1-4-18-11-14-10(13-2)15-12(16-11)19-8-7-17(3)9-5-6-9/h9H,4-8H2,1-3H3,(H,13,14,15,16). The van der Waals surface area contributed by atoms with Crippen molar-refractivity contribution in [3.63, 3.8) is 0 Å². The quantitative estimate of drug-likeness (QED) is 0.746. The fourth-order valence-corrected chi connectivity index (χ4v) is 1.69. The molecule has 0 bridgehead atoms. The summed E-state index contributed by atoms with van der Waals surface area (Å²) in [6, 6.07) is 1.31. The molecule has 19 heavy (non-hydrogen) atoms. The minimum absolute atomic E-state index is 0.285. The molecule has 1 N–H and O–H groups in total. The van der Waals surface area contributed by atoms with Crippen LogP contribution in [0.2, 0.25) is 0 Å². The summed E-state index contributed by atoms with van der Waals surface area (Å²) in [7, 11) is 3.86. The van der Waals surface area contributed by atoms with E-state index in [2.05, 4.69) is 32.2 Å². The maximum atomic E-state index is 5.56. The van der Waals surface area contributed by atoms with Gasteiger partial charge in [0.2, 0.25) is 5.95 Å². The fraction of sp³-hybridized carbons (Fsp3) is 0.750. The molecular formula is C12H21N5O2. The van der Waals surface area contributed by atoms with Crippen LogP contribution in [0.3, 0.4) is 0 Å². The Labute approximate surface area is 113 Å². The summed E-state index contributed by atoms with van der Waals surface area (Å²) in [6.45, 7) is 3.83. The third kappa shape index (κ3) is 4.20. The molecule has 1 heterocycles. The van der Waals surface area contributed by atoms with Crippen molar-refractivity contribution in [3.8, 4) is 12.0 Å². The lowest BCUT2D eigenvalue weighted by atomic mass is 10.5. The van der Waals surface area contributed by atoms with Gasteiger partial charge in [0.25, 0.3) is 0 Å². The average Bonchev–Trinajstić information content (AvgIpc) is 3.23. The number of likely N-dealkylation sites (N-methyl/N-ethyl adjacent to an activating group) is 1. The van der Waals surface area contributed by atoms with Crippen LogP contribution in [0, 0.1) is 0 Å². The molecule has 7 nitrogen and oxygen atoms in total. The molecule has 1 saturated carbocycles. The Balaban J connectivity index is 1.88. The Morgan fingerprint density at radius 3 is 2.47 bits per heavy atom. The van der Waals surface area contributed by atoms with Crippen LogP contribution in [0.1, 0.15) is 19.8 Å². The molecule has 0 spiro atoms. The number of anilines is 1. The molecule has 2 rings (SSSR count). The summed E-state index contributed by atoms with van der Waals surface area (Å²) < 4.78 is 10.8. The minimum atomic E-state index is 0.285. The lowest BCUT2D eigenvalue weighted by molar-refractivity contribution is 0.215. The monoisotopic (exact) mass is 267 g/mol. The molecule has 106 valence electrons. The third-order valence-electron chi connectivity index (χ3n) is 2.94. The van der Waals surface area contributed by atoms with Crippen molar-refractivity contribution in [2.45, 2.75) is 25.8 Å². The first-order chi connectivity index (χ1) is 9.22. The predicted molar refractivity (Wildman–Crippen MR) is 71.7 cm³/mol. The van der Waals surface area contributed by atoms with Crippen LogP contribution in [0.5, 0.6) is 12.0 Å². The zero-order valence-electron chi connectivity index (χ0n) is 11.7. The van der Waals surface area contributed by atoms with Gasteiger partial charge >= 0.3 is 12.0 Å². The average molecular weight is 267 g/mol. The number of hydrogen-bond donors (Lipinski definition) is 1. The first-order valence-electron chi connectivity index (χ1n) is 6.62. The largest absolute Gasteiger partial charge is 0.464 e. The van der Waals surface area contributed by atoms with Gasteiger partial charge in [0.15, 0.2) is 0 Å². The van der Waals surface area contributed by atoms with Crippen LogP contribution < -0.4 is 14.8 Å². The number of nitrogens with zero attached hydrogens (tertiary/aromatic N) is 4. The van der Waals surface area contributed by atoms with Crippen LogP contribution in [0.15, 0.2) is 0 Å². The summed E-state index contributed by atoms with van der Waals surface area (Å²) in [5.74, 6) is 0.448. The Hall–Kier alpha value is -1.63. The van der Waals surface area contributed by atoms with Gasteiger partial charge in [-0.3, -0.25) is 0 Å². The zero-order chi connectivity index (χ0) is 13.7. The number of ether oxygens (including phenoxy) is 2. The number of hydrogen-bond acceptors (Lipinski definition) is 7. The Kier molecular flexibility index (Phi) is 4.73. The van der Waals surface area contributed by atoms with Crippen molar-refractivity contribution in [3.05, 3.63) is 0 Å². The molecule has 1 fully saturated rings. The van der Waals surface area contributed by atoms with E-state index in [9.17, 15) is 0 Å². The SMILES string of the molecule is CCOc1nc(NC)nc(OCCN(C)C2CC2)n1. The highest BCUT2D eigenvalue weighted by Gasteiger charge is 2.25. The van der Waals surface area contributed by atoms with Crippen LogP contribution in [0.25, 0.3) is 0 Å². The Morgan fingerprint density at radius 1 is 1.21 bits per heavy atom. The Morgan fingerprint density at radius 2 is 1.89 bits per heavy atom. The van der Waals surface area contributed by atoms with Crippen molar-refractivity contribution in [1.82, 2.24) is 19.9 Å². The highest BCUT2D eigenvalue weighted by molar-refractivity contribution is 5.26. The summed E-state index contributed by atoms with van der Waals surface area (Å²) in [5.41, 5.74) is 0. The van der Waals surface area contributed by atoms with Gasteiger partial charge in [0, 0.05) is 19.6 Å². The van der Waals surface area contributed by atoms with E-state index in [4.69, 9.17) is 9.47 Å². The first kappa shape index (κ1) is 13.8. The van der Waals surface area contributed by atoms with Crippen molar-refractivity contribution >= 4 is 5.95 Å².